The summed E-state index contributed by atoms with van der Waals surface area (Å²) in [5, 5.41) is 9.10. The second-order valence-electron chi connectivity index (χ2n) is 5.20. The molecule has 0 bridgehead atoms. The lowest BCUT2D eigenvalue weighted by atomic mass is 9.98. The molecule has 0 aliphatic rings. The molecule has 0 fully saturated rings. The van der Waals surface area contributed by atoms with Gasteiger partial charge in [0.1, 0.15) is 11.5 Å². The summed E-state index contributed by atoms with van der Waals surface area (Å²) >= 11 is 3.47. The summed E-state index contributed by atoms with van der Waals surface area (Å²) < 4.78 is 6.74. The van der Waals surface area contributed by atoms with Crippen LogP contribution in [0, 0.1) is 6.92 Å². The van der Waals surface area contributed by atoms with Crippen molar-refractivity contribution in [2.45, 2.75) is 33.3 Å². The monoisotopic (exact) mass is 334 g/mol. The summed E-state index contributed by atoms with van der Waals surface area (Å²) in [5.74, 6) is 2.09. The molecule has 0 aliphatic heterocycles. The average molecular weight is 335 g/mol. The molecule has 2 rings (SSSR count). The van der Waals surface area contributed by atoms with Crippen molar-refractivity contribution in [2.24, 2.45) is 0 Å². The predicted molar refractivity (Wildman–Crippen MR) is 85.4 cm³/mol. The largest absolute Gasteiger partial charge is 0.456 e. The Morgan fingerprint density at radius 3 is 2.45 bits per heavy atom. The standard InChI is InChI=1S/C17H19BrO2/c1-11(2)15-6-5-14(8-12(15)3)20-17-7-4-13(10-19)9-16(17)18/h4-9,11,19H,10H2,1-3H3. The predicted octanol–water partition coefficient (Wildman–Crippen LogP) is 5.17. The SMILES string of the molecule is Cc1cc(Oc2ccc(CO)cc2Br)ccc1C(C)C. The van der Waals surface area contributed by atoms with Crippen LogP contribution in [-0.2, 0) is 6.61 Å². The molecule has 20 heavy (non-hydrogen) atoms. The molecule has 0 saturated carbocycles. The lowest BCUT2D eigenvalue weighted by Gasteiger charge is -2.13. The van der Waals surface area contributed by atoms with Gasteiger partial charge in [0.05, 0.1) is 11.1 Å². The third-order valence-corrected chi connectivity index (χ3v) is 3.89. The van der Waals surface area contributed by atoms with Gasteiger partial charge in [-0.3, -0.25) is 0 Å². The van der Waals surface area contributed by atoms with Crippen LogP contribution in [0.15, 0.2) is 40.9 Å². The van der Waals surface area contributed by atoms with Gasteiger partial charge in [0.15, 0.2) is 0 Å². The van der Waals surface area contributed by atoms with E-state index in [1.54, 1.807) is 0 Å². The van der Waals surface area contributed by atoms with Gasteiger partial charge in [-0.15, -0.1) is 0 Å². The highest BCUT2D eigenvalue weighted by molar-refractivity contribution is 9.10. The van der Waals surface area contributed by atoms with Crippen molar-refractivity contribution >= 4 is 15.9 Å². The van der Waals surface area contributed by atoms with Crippen molar-refractivity contribution < 1.29 is 9.84 Å². The van der Waals surface area contributed by atoms with Crippen LogP contribution >= 0.6 is 15.9 Å². The molecule has 0 aliphatic carbocycles. The van der Waals surface area contributed by atoms with Crippen LogP contribution in [0.5, 0.6) is 11.5 Å². The van der Waals surface area contributed by atoms with Crippen LogP contribution in [0.4, 0.5) is 0 Å². The van der Waals surface area contributed by atoms with E-state index in [-0.39, 0.29) is 6.61 Å². The molecule has 0 spiro atoms. The number of hydrogen-bond donors (Lipinski definition) is 1. The molecule has 1 N–H and O–H groups in total. The first kappa shape index (κ1) is 15.1. The van der Waals surface area contributed by atoms with E-state index >= 15 is 0 Å². The molecule has 0 amide bonds. The summed E-state index contributed by atoms with van der Waals surface area (Å²) in [5.41, 5.74) is 3.43. The number of ether oxygens (including phenoxy) is 1. The molecule has 0 saturated heterocycles. The Kier molecular flexibility index (Phi) is 4.84. The van der Waals surface area contributed by atoms with E-state index in [0.29, 0.717) is 5.92 Å². The Morgan fingerprint density at radius 1 is 1.15 bits per heavy atom. The third-order valence-electron chi connectivity index (χ3n) is 3.27. The number of aryl methyl sites for hydroxylation is 1. The van der Waals surface area contributed by atoms with Gasteiger partial charge >= 0.3 is 0 Å². The zero-order valence-electron chi connectivity index (χ0n) is 12.0. The van der Waals surface area contributed by atoms with E-state index in [4.69, 9.17) is 9.84 Å². The molecule has 106 valence electrons. The van der Waals surface area contributed by atoms with E-state index in [2.05, 4.69) is 48.8 Å². The number of aliphatic hydroxyl groups is 1. The maximum absolute atomic E-state index is 9.10. The fraction of sp³-hybridized carbons (Fsp3) is 0.294. The minimum absolute atomic E-state index is 0.0288. The Hall–Kier alpha value is -1.32. The van der Waals surface area contributed by atoms with Crippen LogP contribution in [0.25, 0.3) is 0 Å². The van der Waals surface area contributed by atoms with Crippen LogP contribution in [0.2, 0.25) is 0 Å². The molecule has 3 heteroatoms. The molecule has 0 atom stereocenters. The number of hydrogen-bond acceptors (Lipinski definition) is 2. The van der Waals surface area contributed by atoms with Crippen molar-refractivity contribution in [3.63, 3.8) is 0 Å². The minimum atomic E-state index is 0.0288. The second-order valence-corrected chi connectivity index (χ2v) is 6.05. The molecular weight excluding hydrogens is 316 g/mol. The van der Waals surface area contributed by atoms with Crippen molar-refractivity contribution in [2.75, 3.05) is 0 Å². The Balaban J connectivity index is 2.24. The Labute approximate surface area is 128 Å². The maximum atomic E-state index is 9.10. The summed E-state index contributed by atoms with van der Waals surface area (Å²) in [6, 6.07) is 11.8. The van der Waals surface area contributed by atoms with Crippen LogP contribution in [0.1, 0.15) is 36.5 Å². The third kappa shape index (κ3) is 3.41. The topological polar surface area (TPSA) is 29.5 Å². The van der Waals surface area contributed by atoms with Gasteiger partial charge in [0.2, 0.25) is 0 Å². The summed E-state index contributed by atoms with van der Waals surface area (Å²) in [7, 11) is 0. The summed E-state index contributed by atoms with van der Waals surface area (Å²) in [6.07, 6.45) is 0. The molecule has 0 radical (unpaired) electrons. The molecule has 2 aromatic rings. The fourth-order valence-electron chi connectivity index (χ4n) is 2.21. The first-order valence-corrected chi connectivity index (χ1v) is 7.48. The quantitative estimate of drug-likeness (QED) is 0.836. The molecule has 0 heterocycles. The number of aliphatic hydroxyl groups excluding tert-OH is 1. The van der Waals surface area contributed by atoms with E-state index in [1.165, 1.54) is 11.1 Å². The van der Waals surface area contributed by atoms with Gasteiger partial charge in [-0.05, 0) is 69.7 Å². The van der Waals surface area contributed by atoms with E-state index < -0.39 is 0 Å². The number of halogens is 1. The van der Waals surface area contributed by atoms with Crippen molar-refractivity contribution in [3.05, 3.63) is 57.6 Å². The zero-order valence-corrected chi connectivity index (χ0v) is 13.6. The molecule has 0 unspecified atom stereocenters. The highest BCUT2D eigenvalue weighted by Gasteiger charge is 2.07. The number of rotatable bonds is 4. The van der Waals surface area contributed by atoms with E-state index in [0.717, 1.165) is 21.5 Å². The van der Waals surface area contributed by atoms with Gasteiger partial charge in [-0.2, -0.15) is 0 Å². The zero-order chi connectivity index (χ0) is 14.7. The van der Waals surface area contributed by atoms with Crippen LogP contribution in [0.3, 0.4) is 0 Å². The van der Waals surface area contributed by atoms with Crippen LogP contribution in [-0.4, -0.2) is 5.11 Å². The van der Waals surface area contributed by atoms with Gasteiger partial charge < -0.3 is 9.84 Å². The smallest absolute Gasteiger partial charge is 0.141 e. The van der Waals surface area contributed by atoms with Crippen molar-refractivity contribution in [1.82, 2.24) is 0 Å². The average Bonchev–Trinajstić information content (AvgIpc) is 2.40. The Morgan fingerprint density at radius 2 is 1.90 bits per heavy atom. The van der Waals surface area contributed by atoms with Gasteiger partial charge in [0, 0.05) is 0 Å². The fourth-order valence-corrected chi connectivity index (χ4v) is 2.72. The maximum Gasteiger partial charge on any atom is 0.141 e. The highest BCUT2D eigenvalue weighted by Crippen LogP contribution is 2.32. The minimum Gasteiger partial charge on any atom is -0.456 e. The number of benzene rings is 2. The second kappa shape index (κ2) is 6.42. The molecule has 2 nitrogen and oxygen atoms in total. The Bertz CT molecular complexity index is 606. The van der Waals surface area contributed by atoms with Crippen LogP contribution < -0.4 is 4.74 Å². The van der Waals surface area contributed by atoms with Gasteiger partial charge in [0.25, 0.3) is 0 Å². The van der Waals surface area contributed by atoms with Crippen molar-refractivity contribution in [3.8, 4) is 11.5 Å². The van der Waals surface area contributed by atoms with Gasteiger partial charge in [-0.25, -0.2) is 0 Å². The lowest BCUT2D eigenvalue weighted by molar-refractivity contribution is 0.281. The molecular formula is C17H19BrO2. The van der Waals surface area contributed by atoms with E-state index in [1.807, 2.05) is 24.3 Å². The van der Waals surface area contributed by atoms with Crippen molar-refractivity contribution in [1.29, 1.82) is 0 Å². The summed E-state index contributed by atoms with van der Waals surface area (Å²) in [6.45, 7) is 6.51. The normalized spacial score (nSPS) is 10.9. The summed E-state index contributed by atoms with van der Waals surface area (Å²) in [4.78, 5) is 0. The first-order valence-electron chi connectivity index (χ1n) is 6.69. The molecule has 0 aromatic heterocycles. The van der Waals surface area contributed by atoms with Gasteiger partial charge in [-0.1, -0.05) is 26.0 Å². The molecule has 2 aromatic carbocycles. The lowest BCUT2D eigenvalue weighted by Crippen LogP contribution is -1.93. The first-order chi connectivity index (χ1) is 9.51. The van der Waals surface area contributed by atoms with E-state index in [9.17, 15) is 0 Å². The highest BCUT2D eigenvalue weighted by atomic mass is 79.9.